The molecule has 102 valence electrons. The molecule has 0 amide bonds. The highest BCUT2D eigenvalue weighted by Gasteiger charge is 2.24. The number of aliphatic hydroxyl groups is 1. The van der Waals surface area contributed by atoms with Gasteiger partial charge in [0.25, 0.3) is 0 Å². The Morgan fingerprint density at radius 3 is 2.74 bits per heavy atom. The van der Waals surface area contributed by atoms with Crippen LogP contribution < -0.4 is 10.5 Å². The Morgan fingerprint density at radius 1 is 1.42 bits per heavy atom. The second-order valence-electron chi connectivity index (χ2n) is 4.21. The van der Waals surface area contributed by atoms with Crippen molar-refractivity contribution in [1.29, 1.82) is 0 Å². The molecule has 0 radical (unpaired) electrons. The molecule has 2 unspecified atom stereocenters. The van der Waals surface area contributed by atoms with Crippen molar-refractivity contribution in [2.24, 2.45) is 5.73 Å². The lowest BCUT2D eigenvalue weighted by molar-refractivity contribution is 0.146. The smallest absolute Gasteiger partial charge is 0.122 e. The first-order valence-corrected chi connectivity index (χ1v) is 7.88. The Bertz CT molecular complexity index is 544. The van der Waals surface area contributed by atoms with Gasteiger partial charge in [-0.3, -0.25) is 0 Å². The van der Waals surface area contributed by atoms with Gasteiger partial charge in [0.15, 0.2) is 0 Å². The molecule has 2 aromatic rings. The van der Waals surface area contributed by atoms with Gasteiger partial charge < -0.3 is 15.6 Å². The SMILES string of the molecule is COc1ccccc1C(CN)C(O)c1csc(I)c1. The average Bonchev–Trinajstić information content (AvgIpc) is 2.86. The molecule has 1 aromatic heterocycles. The Morgan fingerprint density at radius 2 is 2.16 bits per heavy atom. The van der Waals surface area contributed by atoms with Crippen molar-refractivity contribution in [3.8, 4) is 5.75 Å². The zero-order valence-corrected chi connectivity index (χ0v) is 13.5. The Balaban J connectivity index is 2.33. The molecule has 0 saturated heterocycles. The maximum atomic E-state index is 10.5. The molecule has 19 heavy (non-hydrogen) atoms. The van der Waals surface area contributed by atoms with Crippen LogP contribution >= 0.6 is 33.9 Å². The molecule has 2 rings (SSSR count). The zero-order valence-electron chi connectivity index (χ0n) is 10.5. The summed E-state index contributed by atoms with van der Waals surface area (Å²) in [5.74, 6) is 0.600. The van der Waals surface area contributed by atoms with Gasteiger partial charge in [0.2, 0.25) is 0 Å². The predicted octanol–water partition coefficient (Wildman–Crippen LogP) is 3.14. The maximum absolute atomic E-state index is 10.5. The molecule has 1 heterocycles. The fourth-order valence-electron chi connectivity index (χ4n) is 2.11. The summed E-state index contributed by atoms with van der Waals surface area (Å²) in [4.78, 5) is 0. The van der Waals surface area contributed by atoms with Crippen LogP contribution in [0.1, 0.15) is 23.1 Å². The fraction of sp³-hybridized carbons (Fsp3) is 0.286. The Kier molecular flexibility index (Phi) is 5.20. The van der Waals surface area contributed by atoms with Gasteiger partial charge in [-0.25, -0.2) is 0 Å². The van der Waals surface area contributed by atoms with Gasteiger partial charge in [-0.15, -0.1) is 11.3 Å². The summed E-state index contributed by atoms with van der Waals surface area (Å²) in [5, 5.41) is 12.5. The van der Waals surface area contributed by atoms with Crippen molar-refractivity contribution in [2.75, 3.05) is 13.7 Å². The summed E-state index contributed by atoms with van der Waals surface area (Å²) in [6, 6.07) is 9.69. The molecule has 2 atom stereocenters. The summed E-state index contributed by atoms with van der Waals surface area (Å²) in [7, 11) is 1.63. The largest absolute Gasteiger partial charge is 0.496 e. The summed E-state index contributed by atoms with van der Waals surface area (Å²) in [5.41, 5.74) is 7.72. The van der Waals surface area contributed by atoms with E-state index in [0.29, 0.717) is 6.54 Å². The molecule has 0 fully saturated rings. The van der Waals surface area contributed by atoms with Gasteiger partial charge in [0.05, 0.1) is 16.1 Å². The van der Waals surface area contributed by atoms with Crippen LogP contribution in [0.3, 0.4) is 0 Å². The van der Waals surface area contributed by atoms with Crippen LogP contribution in [0.2, 0.25) is 0 Å². The molecular formula is C14H16INO2S. The molecule has 0 bridgehead atoms. The third kappa shape index (κ3) is 3.28. The quantitative estimate of drug-likeness (QED) is 0.773. The number of rotatable bonds is 5. The van der Waals surface area contributed by atoms with Gasteiger partial charge in [-0.05, 0) is 45.7 Å². The van der Waals surface area contributed by atoms with Crippen LogP contribution in [-0.2, 0) is 0 Å². The Labute approximate surface area is 130 Å². The summed E-state index contributed by atoms with van der Waals surface area (Å²) >= 11 is 3.87. The predicted molar refractivity (Wildman–Crippen MR) is 86.8 cm³/mol. The van der Waals surface area contributed by atoms with Crippen LogP contribution in [0.15, 0.2) is 35.7 Å². The van der Waals surface area contributed by atoms with Gasteiger partial charge in [-0.2, -0.15) is 0 Å². The van der Waals surface area contributed by atoms with E-state index in [1.54, 1.807) is 18.4 Å². The van der Waals surface area contributed by atoms with Crippen molar-refractivity contribution in [2.45, 2.75) is 12.0 Å². The number of hydrogen-bond acceptors (Lipinski definition) is 4. The number of aliphatic hydroxyl groups excluding tert-OH is 1. The standard InChI is InChI=1S/C14H16INO2S/c1-18-12-5-3-2-4-10(12)11(7-16)14(17)9-6-13(15)19-8-9/h2-6,8,11,14,17H,7,16H2,1H3. The number of methoxy groups -OCH3 is 1. The molecule has 5 heteroatoms. The van der Waals surface area contributed by atoms with E-state index in [4.69, 9.17) is 10.5 Å². The van der Waals surface area contributed by atoms with Crippen LogP contribution in [0.25, 0.3) is 0 Å². The van der Waals surface area contributed by atoms with E-state index in [2.05, 4.69) is 22.6 Å². The topological polar surface area (TPSA) is 55.5 Å². The maximum Gasteiger partial charge on any atom is 0.122 e. The van der Waals surface area contributed by atoms with E-state index < -0.39 is 6.10 Å². The van der Waals surface area contributed by atoms with Gasteiger partial charge in [0, 0.05) is 18.0 Å². The molecule has 0 aliphatic heterocycles. The molecule has 3 N–H and O–H groups in total. The normalized spacial score (nSPS) is 14.1. The average molecular weight is 389 g/mol. The van der Waals surface area contributed by atoms with E-state index in [1.165, 1.54) is 0 Å². The fourth-order valence-corrected chi connectivity index (χ4v) is 3.51. The van der Waals surface area contributed by atoms with E-state index in [1.807, 2.05) is 35.7 Å². The zero-order chi connectivity index (χ0) is 13.8. The molecule has 1 aromatic carbocycles. The molecule has 0 aliphatic rings. The molecule has 0 saturated carbocycles. The van der Waals surface area contributed by atoms with E-state index in [-0.39, 0.29) is 5.92 Å². The minimum Gasteiger partial charge on any atom is -0.496 e. The first-order valence-electron chi connectivity index (χ1n) is 5.92. The Hall–Kier alpha value is -0.630. The van der Waals surface area contributed by atoms with E-state index in [9.17, 15) is 5.11 Å². The number of para-hydroxylation sites is 1. The highest BCUT2D eigenvalue weighted by Crippen LogP contribution is 2.36. The van der Waals surface area contributed by atoms with Crippen LogP contribution in [0.5, 0.6) is 5.75 Å². The van der Waals surface area contributed by atoms with Crippen molar-refractivity contribution in [3.05, 3.63) is 49.7 Å². The minimum atomic E-state index is -0.610. The summed E-state index contributed by atoms with van der Waals surface area (Å²) in [6.07, 6.45) is -0.610. The monoisotopic (exact) mass is 389 g/mol. The lowest BCUT2D eigenvalue weighted by Gasteiger charge is -2.23. The second kappa shape index (κ2) is 6.69. The number of hydrogen-bond donors (Lipinski definition) is 2. The second-order valence-corrected chi connectivity index (χ2v) is 7.02. The van der Waals surface area contributed by atoms with Crippen molar-refractivity contribution in [3.63, 3.8) is 0 Å². The number of halogens is 1. The first-order chi connectivity index (χ1) is 9.17. The number of ether oxygens (including phenoxy) is 1. The van der Waals surface area contributed by atoms with E-state index in [0.717, 1.165) is 19.8 Å². The number of thiophene rings is 1. The molecule has 0 spiro atoms. The summed E-state index contributed by atoms with van der Waals surface area (Å²) in [6.45, 7) is 0.369. The lowest BCUT2D eigenvalue weighted by Crippen LogP contribution is -2.20. The van der Waals surface area contributed by atoms with Gasteiger partial charge >= 0.3 is 0 Å². The first kappa shape index (κ1) is 14.8. The van der Waals surface area contributed by atoms with Gasteiger partial charge in [-0.1, -0.05) is 18.2 Å². The van der Waals surface area contributed by atoms with Crippen LogP contribution in [-0.4, -0.2) is 18.8 Å². The van der Waals surface area contributed by atoms with Gasteiger partial charge in [0.1, 0.15) is 5.75 Å². The molecule has 3 nitrogen and oxygen atoms in total. The third-order valence-corrected chi connectivity index (χ3v) is 4.91. The highest BCUT2D eigenvalue weighted by molar-refractivity contribution is 14.1. The summed E-state index contributed by atoms with van der Waals surface area (Å²) < 4.78 is 6.51. The number of benzene rings is 1. The molecule has 0 aliphatic carbocycles. The molecular weight excluding hydrogens is 373 g/mol. The van der Waals surface area contributed by atoms with E-state index >= 15 is 0 Å². The number of nitrogens with two attached hydrogens (primary N) is 1. The highest BCUT2D eigenvalue weighted by atomic mass is 127. The lowest BCUT2D eigenvalue weighted by atomic mass is 9.89. The van der Waals surface area contributed by atoms with Crippen molar-refractivity contribution < 1.29 is 9.84 Å². The third-order valence-electron chi connectivity index (χ3n) is 3.10. The van der Waals surface area contributed by atoms with Crippen molar-refractivity contribution in [1.82, 2.24) is 0 Å². The minimum absolute atomic E-state index is 0.165. The van der Waals surface area contributed by atoms with Crippen molar-refractivity contribution >= 4 is 33.9 Å². The van der Waals surface area contributed by atoms with Crippen LogP contribution in [0.4, 0.5) is 0 Å². The van der Waals surface area contributed by atoms with Crippen LogP contribution in [0, 0.1) is 2.88 Å².